The number of carboxylic acids is 1. The van der Waals surface area contributed by atoms with Crippen LogP contribution in [0.5, 0.6) is 0 Å². The maximum absolute atomic E-state index is 14.9. The van der Waals surface area contributed by atoms with Crippen LogP contribution in [0.2, 0.25) is 0 Å². The van der Waals surface area contributed by atoms with Gasteiger partial charge in [-0.25, -0.2) is 32.7 Å². The smallest absolute Gasteiger partial charge is 0.435 e. The summed E-state index contributed by atoms with van der Waals surface area (Å²) in [4.78, 5) is 150. The highest BCUT2D eigenvalue weighted by Gasteiger charge is 2.52. The van der Waals surface area contributed by atoms with Gasteiger partial charge in [0.1, 0.15) is 64.5 Å². The Hall–Kier alpha value is -11.9. The third-order valence-electron chi connectivity index (χ3n) is 23.1. The molecule has 6 fully saturated rings. The minimum Gasteiger partial charge on any atom is -0.481 e. The summed E-state index contributed by atoms with van der Waals surface area (Å²) in [7, 11) is 0. The van der Waals surface area contributed by atoms with Crippen LogP contribution in [-0.2, 0) is 54.5 Å². The largest absolute Gasteiger partial charge is 0.481 e. The van der Waals surface area contributed by atoms with Crippen molar-refractivity contribution in [2.75, 3.05) is 35.6 Å². The molecule has 0 radical (unpaired) electrons. The fourth-order valence-electron chi connectivity index (χ4n) is 16.9. The molecule has 5 amide bonds. The Morgan fingerprint density at radius 1 is 0.467 bits per heavy atom. The molecule has 3 aliphatic heterocycles. The number of carbonyl (C=O) groups is 11. The molecule has 6 atom stereocenters. The van der Waals surface area contributed by atoms with Crippen LogP contribution in [0.4, 0.5) is 40.1 Å². The third kappa shape index (κ3) is 20.0. The molecule has 4 aromatic carbocycles. The fraction of sp³-hybridized carbons (Fsp3) is 0.461. The molecule has 6 N–H and O–H groups in total. The number of H-pyrrole nitrogens is 1. The number of Topliss-reactive ketones (excluding diaryl/α,β-unsaturated/α-hetero) is 3. The average Bonchev–Trinajstić information content (AvgIpc) is 1.42. The zero-order valence-corrected chi connectivity index (χ0v) is 68.9. The number of aromatic amines is 1. The Bertz CT molecular complexity index is 5310. The SMILES string of the molecule is CC(=O)c1ccc(C2(C(=O)N3C[C@H](F)C[C@@H]3C(=O)Nc3ccc4[nH]ncc4n3)CCCCC2)cc1.CC(=O)c1ccc(C2(C(=O)N3C[C@H](F)C[C@@H]3C(=O)Nc3ccc4c(cnn4C(=O)OC(C)(C)C)c3)CCCCC2)cc1.CC(=O)c1ccc(C2(C(=O)O)CCCCC2)cc1.CC(C)(C)OC(=O)n1ncc2nc(NC(=O)[C@H]3C[C@@H](F)CN3)ccc21. The van der Waals surface area contributed by atoms with Gasteiger partial charge >= 0.3 is 18.2 Å². The number of nitrogens with one attached hydrogen (secondary N) is 5. The van der Waals surface area contributed by atoms with Crippen LogP contribution in [0, 0.1) is 0 Å². The zero-order chi connectivity index (χ0) is 86.2. The van der Waals surface area contributed by atoms with Gasteiger partial charge in [0.15, 0.2) is 17.3 Å². The first-order valence-corrected chi connectivity index (χ1v) is 40.9. The van der Waals surface area contributed by atoms with Crippen LogP contribution in [0.3, 0.4) is 0 Å². The van der Waals surface area contributed by atoms with Gasteiger partial charge in [-0.05, 0) is 160 Å². The zero-order valence-electron chi connectivity index (χ0n) is 68.9. The monoisotopic (exact) mass is 1650 g/mol. The summed E-state index contributed by atoms with van der Waals surface area (Å²) in [5, 5.41) is 36.1. The molecule has 5 aromatic heterocycles. The second kappa shape index (κ2) is 36.8. The number of hydrogen-bond donors (Lipinski definition) is 6. The van der Waals surface area contributed by atoms with Crippen molar-refractivity contribution in [3.63, 3.8) is 0 Å². The van der Waals surface area contributed by atoms with E-state index in [0.717, 1.165) is 89.4 Å². The molecule has 634 valence electrons. The van der Waals surface area contributed by atoms with Crippen molar-refractivity contribution in [2.45, 2.75) is 242 Å². The van der Waals surface area contributed by atoms with Gasteiger partial charge in [0, 0.05) is 53.6 Å². The molecule has 0 unspecified atom stereocenters. The number of halogens is 3. The van der Waals surface area contributed by atoms with E-state index >= 15 is 0 Å². The molecule has 9 aromatic rings. The minimum absolute atomic E-state index is 0.00886. The first-order chi connectivity index (χ1) is 57.0. The van der Waals surface area contributed by atoms with Crippen molar-refractivity contribution in [2.24, 2.45) is 0 Å². The highest BCUT2D eigenvalue weighted by atomic mass is 19.1. The summed E-state index contributed by atoms with van der Waals surface area (Å²) in [6, 6.07) is 30.4. The number of fused-ring (bicyclic) bond motifs is 3. The lowest BCUT2D eigenvalue weighted by atomic mass is 9.68. The van der Waals surface area contributed by atoms with Crippen molar-refractivity contribution < 1.29 is 80.5 Å². The van der Waals surface area contributed by atoms with Crippen LogP contribution >= 0.6 is 0 Å². The predicted molar refractivity (Wildman–Crippen MR) is 443 cm³/mol. The number of amides is 5. The molecular weight excluding hydrogens is 1550 g/mol. The number of hydrogen-bond acceptors (Lipinski definition) is 19. The lowest BCUT2D eigenvalue weighted by molar-refractivity contribution is -0.145. The Morgan fingerprint density at radius 2 is 0.883 bits per heavy atom. The first-order valence-electron chi connectivity index (χ1n) is 40.9. The van der Waals surface area contributed by atoms with E-state index in [2.05, 4.69) is 51.6 Å². The standard InChI is InChI=1S/C32H37FN4O5.C26H28FN5O3.C16H20FN5O3.C15H18O3/c1-20(38)21-8-10-23(11-9-21)32(14-6-5-7-15-32)29(40)36-19-24(33)17-27(36)28(39)35-25-12-13-26-22(16-25)18-34-37(26)30(41)42-31(2,3)4;1-16(33)17-5-7-18(8-6-17)26(11-3-2-4-12-26)25(35)32-15-19(27)13-22(32)24(34)30-23-10-9-20-21(29-23)14-28-31-20;1-16(2,3)25-15(24)22-12-4-5-13(20-11(12)8-19-22)21-14(23)10-6-9(17)7-18-10;1-11(16)12-5-7-13(8-6-12)15(14(17)18)9-3-2-4-10-15/h8-13,16,18,24,27H,5-7,14-15,17,19H2,1-4H3,(H,35,39);5-10,14,19,22H,2-4,11-13,15H2,1H3,(H,28,31)(H,29,30,34);4-5,8-10,18H,6-7H2,1-3H3,(H,20,21,23);5-8H,2-4,9-10H2,1H3,(H,17,18)/t24-,27-;19-,22-;9-,10-;/m111./s1. The number of aliphatic carboxylic acids is 1. The van der Waals surface area contributed by atoms with E-state index in [1.807, 2.05) is 24.3 Å². The number of rotatable bonds is 15. The molecule has 15 rings (SSSR count). The number of anilines is 3. The number of likely N-dealkylation sites (tertiary alicyclic amines) is 2. The van der Waals surface area contributed by atoms with Gasteiger partial charge < -0.3 is 45.6 Å². The second-order valence-electron chi connectivity index (χ2n) is 34.0. The molecule has 28 nitrogen and oxygen atoms in total. The third-order valence-corrected chi connectivity index (χ3v) is 23.1. The molecular formula is C89H103F3N14O14. The Balaban J connectivity index is 0.000000153. The van der Waals surface area contributed by atoms with Gasteiger partial charge in [0.2, 0.25) is 29.5 Å². The van der Waals surface area contributed by atoms with E-state index in [9.17, 15) is 71.0 Å². The van der Waals surface area contributed by atoms with Crippen LogP contribution < -0.4 is 21.3 Å². The van der Waals surface area contributed by atoms with Gasteiger partial charge in [-0.2, -0.15) is 24.7 Å². The molecule has 31 heteroatoms. The molecule has 8 heterocycles. The van der Waals surface area contributed by atoms with Gasteiger partial charge in [-0.3, -0.25) is 48.2 Å². The lowest BCUT2D eigenvalue weighted by Gasteiger charge is -2.40. The van der Waals surface area contributed by atoms with E-state index in [1.54, 1.807) is 139 Å². The number of ketones is 3. The summed E-state index contributed by atoms with van der Waals surface area (Å²) in [6.45, 7) is 15.0. The van der Waals surface area contributed by atoms with E-state index in [0.29, 0.717) is 100.0 Å². The van der Waals surface area contributed by atoms with E-state index < -0.39 is 94.1 Å². The van der Waals surface area contributed by atoms with Crippen LogP contribution in [0.25, 0.3) is 33.0 Å². The maximum atomic E-state index is 14.9. The topological polar surface area (TPSA) is 371 Å². The average molecular weight is 1650 g/mol. The molecule has 3 aliphatic carbocycles. The van der Waals surface area contributed by atoms with Crippen molar-refractivity contribution in [3.8, 4) is 0 Å². The van der Waals surface area contributed by atoms with Crippen molar-refractivity contribution in [1.29, 1.82) is 0 Å². The predicted octanol–water partition coefficient (Wildman–Crippen LogP) is 14.8. The number of nitrogens with zero attached hydrogens (tertiary/aromatic N) is 9. The number of ether oxygens (including phenoxy) is 2. The Morgan fingerprint density at radius 3 is 1.33 bits per heavy atom. The number of benzene rings is 4. The number of aromatic nitrogens is 8. The number of pyridine rings is 2. The van der Waals surface area contributed by atoms with E-state index in [1.165, 1.54) is 43.0 Å². The lowest BCUT2D eigenvalue weighted by Crippen LogP contribution is -2.52. The highest BCUT2D eigenvalue weighted by Crippen LogP contribution is 2.46. The summed E-state index contributed by atoms with van der Waals surface area (Å²) < 4.78 is 55.6. The van der Waals surface area contributed by atoms with Crippen LogP contribution in [0.1, 0.15) is 226 Å². The number of alkyl halides is 3. The van der Waals surface area contributed by atoms with Crippen molar-refractivity contribution >= 4 is 115 Å². The number of carboxylic acid groups (broad SMARTS) is 1. The van der Waals surface area contributed by atoms with Crippen LogP contribution in [0.15, 0.2) is 134 Å². The Kier molecular flexibility index (Phi) is 26.8. The molecule has 3 saturated carbocycles. The highest BCUT2D eigenvalue weighted by molar-refractivity contribution is 6.03. The van der Waals surface area contributed by atoms with Crippen molar-refractivity contribution in [1.82, 2.24) is 54.8 Å². The normalized spacial score (nSPS) is 20.5. The van der Waals surface area contributed by atoms with Crippen molar-refractivity contribution in [3.05, 3.63) is 167 Å². The molecule has 6 aliphatic rings. The van der Waals surface area contributed by atoms with Gasteiger partial charge in [0.05, 0.1) is 70.5 Å². The fourth-order valence-corrected chi connectivity index (χ4v) is 16.9. The molecule has 120 heavy (non-hydrogen) atoms. The van der Waals surface area contributed by atoms with E-state index in [4.69, 9.17) is 9.47 Å². The maximum Gasteiger partial charge on any atom is 0.435 e. The van der Waals surface area contributed by atoms with Gasteiger partial charge in [-0.1, -0.05) is 131 Å². The summed E-state index contributed by atoms with van der Waals surface area (Å²) in [5.74, 6) is -1.92. The first kappa shape index (κ1) is 87.4. The molecule has 3 saturated heterocycles. The second-order valence-corrected chi connectivity index (χ2v) is 34.0. The molecule has 0 spiro atoms. The Labute approximate surface area is 692 Å². The quantitative estimate of drug-likeness (QED) is 0.0519. The van der Waals surface area contributed by atoms with Crippen LogP contribution in [-0.4, -0.2) is 187 Å². The van der Waals surface area contributed by atoms with Gasteiger partial charge in [0.25, 0.3) is 0 Å². The number of carbonyl (C=O) groups excluding carboxylic acids is 10. The van der Waals surface area contributed by atoms with Gasteiger partial charge in [-0.15, -0.1) is 0 Å². The summed E-state index contributed by atoms with van der Waals surface area (Å²) in [6.07, 6.45) is 12.0. The summed E-state index contributed by atoms with van der Waals surface area (Å²) >= 11 is 0. The van der Waals surface area contributed by atoms with E-state index in [-0.39, 0.29) is 74.0 Å². The molecule has 0 bridgehead atoms. The summed E-state index contributed by atoms with van der Waals surface area (Å²) in [5.41, 5.74) is 3.66. The minimum atomic E-state index is -1.32.